The Bertz CT molecular complexity index is 406. The van der Waals surface area contributed by atoms with E-state index >= 15 is 0 Å². The second kappa shape index (κ2) is 9.35. The zero-order valence-electron chi connectivity index (χ0n) is 14.3. The van der Waals surface area contributed by atoms with Crippen molar-refractivity contribution in [3.63, 3.8) is 0 Å². The highest BCUT2D eigenvalue weighted by Crippen LogP contribution is 2.30. The Morgan fingerprint density at radius 2 is 1.95 bits per heavy atom. The molecule has 0 amide bonds. The van der Waals surface area contributed by atoms with Gasteiger partial charge >= 0.3 is 0 Å². The fourth-order valence-corrected chi connectivity index (χ4v) is 3.09. The van der Waals surface area contributed by atoms with Gasteiger partial charge in [0.15, 0.2) is 5.13 Å². The van der Waals surface area contributed by atoms with Crippen LogP contribution >= 0.6 is 11.3 Å². The van der Waals surface area contributed by atoms with Gasteiger partial charge in [0.1, 0.15) is 0 Å². The van der Waals surface area contributed by atoms with Crippen molar-refractivity contribution in [3.05, 3.63) is 10.6 Å². The van der Waals surface area contributed by atoms with Crippen LogP contribution in [0.3, 0.4) is 0 Å². The number of likely N-dealkylation sites (N-methyl/N-ethyl adjacent to an activating group) is 2. The molecular formula is C15H30N4OS. The summed E-state index contributed by atoms with van der Waals surface area (Å²) in [6.07, 6.45) is 0. The lowest BCUT2D eigenvalue weighted by molar-refractivity contribution is 0.199. The van der Waals surface area contributed by atoms with E-state index in [1.54, 1.807) is 18.4 Å². The number of aromatic nitrogens is 1. The molecule has 1 aromatic rings. The van der Waals surface area contributed by atoms with Gasteiger partial charge in [0, 0.05) is 45.2 Å². The monoisotopic (exact) mass is 314 g/mol. The highest BCUT2D eigenvalue weighted by atomic mass is 32.1. The third-order valence-corrected chi connectivity index (χ3v) is 4.43. The summed E-state index contributed by atoms with van der Waals surface area (Å²) in [6, 6.07) is 0. The van der Waals surface area contributed by atoms with E-state index in [1.165, 1.54) is 10.6 Å². The highest BCUT2D eigenvalue weighted by molar-refractivity contribution is 7.15. The van der Waals surface area contributed by atoms with Crippen LogP contribution in [0.4, 0.5) is 5.13 Å². The molecule has 1 aromatic heterocycles. The van der Waals surface area contributed by atoms with E-state index in [2.05, 4.69) is 50.1 Å². The Labute approximate surface area is 133 Å². The van der Waals surface area contributed by atoms with E-state index in [-0.39, 0.29) is 0 Å². The minimum atomic E-state index is 0.455. The number of rotatable bonds is 10. The fourth-order valence-electron chi connectivity index (χ4n) is 1.91. The molecule has 1 N–H and O–H groups in total. The molecule has 0 aromatic carbocycles. The van der Waals surface area contributed by atoms with Crippen LogP contribution in [-0.4, -0.2) is 64.4 Å². The van der Waals surface area contributed by atoms with E-state index in [0.717, 1.165) is 37.9 Å². The van der Waals surface area contributed by atoms with Crippen molar-refractivity contribution in [1.29, 1.82) is 0 Å². The number of nitrogens with zero attached hydrogens (tertiary/aromatic N) is 3. The Balaban J connectivity index is 2.69. The summed E-state index contributed by atoms with van der Waals surface area (Å²) in [5, 5.41) is 4.53. The molecule has 1 heterocycles. The third-order valence-electron chi connectivity index (χ3n) is 3.24. The molecule has 0 fully saturated rings. The summed E-state index contributed by atoms with van der Waals surface area (Å²) in [6.45, 7) is 8.93. The lowest BCUT2D eigenvalue weighted by atomic mass is 10.1. The molecule has 0 aliphatic heterocycles. The molecule has 0 unspecified atom stereocenters. The topological polar surface area (TPSA) is 40.6 Å². The molecule has 0 aliphatic rings. The maximum Gasteiger partial charge on any atom is 0.185 e. The summed E-state index contributed by atoms with van der Waals surface area (Å²) < 4.78 is 5.07. The normalized spacial score (nSPS) is 11.6. The van der Waals surface area contributed by atoms with E-state index in [4.69, 9.17) is 9.72 Å². The molecule has 0 saturated carbocycles. The summed E-state index contributed by atoms with van der Waals surface area (Å²) >= 11 is 1.80. The summed E-state index contributed by atoms with van der Waals surface area (Å²) in [4.78, 5) is 10.6. The first-order valence-electron chi connectivity index (χ1n) is 7.50. The molecule has 0 spiro atoms. The number of hydrogen-bond donors (Lipinski definition) is 1. The Morgan fingerprint density at radius 1 is 1.24 bits per heavy atom. The number of nitrogens with one attached hydrogen (secondary N) is 1. The fraction of sp³-hybridized carbons (Fsp3) is 0.800. The minimum absolute atomic E-state index is 0.455. The molecule has 0 bridgehead atoms. The van der Waals surface area contributed by atoms with Crippen molar-refractivity contribution >= 4 is 16.5 Å². The van der Waals surface area contributed by atoms with E-state index < -0.39 is 0 Å². The number of ether oxygens (including phenoxy) is 1. The van der Waals surface area contributed by atoms with Crippen molar-refractivity contribution in [1.82, 2.24) is 15.2 Å². The molecule has 0 aliphatic carbocycles. The van der Waals surface area contributed by atoms with Gasteiger partial charge < -0.3 is 19.9 Å². The highest BCUT2D eigenvalue weighted by Gasteiger charge is 2.16. The minimum Gasteiger partial charge on any atom is -0.383 e. The van der Waals surface area contributed by atoms with Gasteiger partial charge in [-0.15, -0.1) is 11.3 Å². The lowest BCUT2D eigenvalue weighted by Crippen LogP contribution is -2.28. The predicted octanol–water partition coefficient (Wildman–Crippen LogP) is 2.00. The largest absolute Gasteiger partial charge is 0.383 e. The van der Waals surface area contributed by atoms with Crippen LogP contribution in [0.2, 0.25) is 0 Å². The molecule has 6 heteroatoms. The van der Waals surface area contributed by atoms with E-state index in [9.17, 15) is 0 Å². The quantitative estimate of drug-likeness (QED) is 0.669. The molecule has 1 rings (SSSR count). The average Bonchev–Trinajstić information content (AvgIpc) is 2.85. The number of anilines is 1. The van der Waals surface area contributed by atoms with Gasteiger partial charge in [-0.25, -0.2) is 4.98 Å². The van der Waals surface area contributed by atoms with Crippen LogP contribution in [0, 0.1) is 0 Å². The molecule has 0 radical (unpaired) electrons. The van der Waals surface area contributed by atoms with Crippen LogP contribution in [0.15, 0.2) is 0 Å². The number of thiazole rings is 1. The van der Waals surface area contributed by atoms with Gasteiger partial charge in [0.25, 0.3) is 0 Å². The Hall–Kier alpha value is -0.690. The molecule has 5 nitrogen and oxygen atoms in total. The number of hydrogen-bond acceptors (Lipinski definition) is 6. The van der Waals surface area contributed by atoms with Crippen molar-refractivity contribution in [3.8, 4) is 0 Å². The van der Waals surface area contributed by atoms with Crippen LogP contribution in [-0.2, 0) is 11.3 Å². The molecular weight excluding hydrogens is 284 g/mol. The second-order valence-electron chi connectivity index (χ2n) is 5.85. The van der Waals surface area contributed by atoms with Crippen LogP contribution < -0.4 is 10.2 Å². The first-order chi connectivity index (χ1) is 9.95. The Morgan fingerprint density at radius 3 is 2.52 bits per heavy atom. The molecule has 122 valence electrons. The van der Waals surface area contributed by atoms with Gasteiger partial charge in [0.2, 0.25) is 0 Å². The van der Waals surface area contributed by atoms with Gasteiger partial charge in [-0.05, 0) is 20.0 Å². The SMILES string of the molecule is COCCNCc1sc(N(C)CCN(C)C)nc1C(C)C. The van der Waals surface area contributed by atoms with Gasteiger partial charge in [0.05, 0.1) is 12.3 Å². The van der Waals surface area contributed by atoms with Crippen molar-refractivity contribution in [2.24, 2.45) is 0 Å². The van der Waals surface area contributed by atoms with E-state index in [0.29, 0.717) is 5.92 Å². The van der Waals surface area contributed by atoms with Crippen LogP contribution in [0.1, 0.15) is 30.3 Å². The molecule has 21 heavy (non-hydrogen) atoms. The molecule has 0 atom stereocenters. The average molecular weight is 314 g/mol. The maximum atomic E-state index is 5.07. The van der Waals surface area contributed by atoms with E-state index in [1.807, 2.05) is 0 Å². The van der Waals surface area contributed by atoms with Crippen molar-refractivity contribution in [2.75, 3.05) is 59.4 Å². The smallest absolute Gasteiger partial charge is 0.185 e. The van der Waals surface area contributed by atoms with Gasteiger partial charge in [-0.3, -0.25) is 0 Å². The Kier molecular flexibility index (Phi) is 8.18. The van der Waals surface area contributed by atoms with Crippen molar-refractivity contribution < 1.29 is 4.74 Å². The zero-order valence-corrected chi connectivity index (χ0v) is 15.1. The van der Waals surface area contributed by atoms with Gasteiger partial charge in [-0.1, -0.05) is 13.8 Å². The summed E-state index contributed by atoms with van der Waals surface area (Å²) in [7, 11) is 8.04. The maximum absolute atomic E-state index is 5.07. The molecule has 0 saturated heterocycles. The number of methoxy groups -OCH3 is 1. The summed E-state index contributed by atoms with van der Waals surface area (Å²) in [5.74, 6) is 0.455. The first kappa shape index (κ1) is 18.4. The third kappa shape index (κ3) is 6.30. The summed E-state index contributed by atoms with van der Waals surface area (Å²) in [5.41, 5.74) is 1.22. The van der Waals surface area contributed by atoms with Crippen molar-refractivity contribution in [2.45, 2.75) is 26.3 Å². The van der Waals surface area contributed by atoms with Crippen LogP contribution in [0.5, 0.6) is 0 Å². The van der Waals surface area contributed by atoms with Gasteiger partial charge in [-0.2, -0.15) is 0 Å². The first-order valence-corrected chi connectivity index (χ1v) is 8.32. The standard InChI is InChI=1S/C15H30N4OS/c1-12(2)14-13(11-16-7-10-20-6)21-15(17-14)19(5)9-8-18(3)4/h12,16H,7-11H2,1-6H3. The predicted molar refractivity (Wildman–Crippen MR) is 91.6 cm³/mol. The zero-order chi connectivity index (χ0) is 15.8. The lowest BCUT2D eigenvalue weighted by Gasteiger charge is -2.18. The second-order valence-corrected chi connectivity index (χ2v) is 6.92. The van der Waals surface area contributed by atoms with Crippen LogP contribution in [0.25, 0.3) is 0 Å².